The second-order valence-electron chi connectivity index (χ2n) is 6.05. The summed E-state index contributed by atoms with van der Waals surface area (Å²) >= 11 is 0. The van der Waals surface area contributed by atoms with Gasteiger partial charge in [-0.3, -0.25) is 0 Å². The van der Waals surface area contributed by atoms with Gasteiger partial charge in [0.05, 0.1) is 5.75 Å². The third-order valence-corrected chi connectivity index (χ3v) is 6.79. The van der Waals surface area contributed by atoms with Gasteiger partial charge in [0.25, 0.3) is 0 Å². The van der Waals surface area contributed by atoms with Gasteiger partial charge in [0.15, 0.2) is 0 Å². The Morgan fingerprint density at radius 1 is 1.29 bits per heavy atom. The first-order valence-electron chi connectivity index (χ1n) is 6.92. The summed E-state index contributed by atoms with van der Waals surface area (Å²) in [6, 6.07) is 0. The number of hydrogen-bond donors (Lipinski definition) is 1. The van der Waals surface area contributed by atoms with E-state index in [-0.39, 0.29) is 5.41 Å². The van der Waals surface area contributed by atoms with Crippen molar-refractivity contribution in [3.63, 3.8) is 0 Å². The van der Waals surface area contributed by atoms with Crippen molar-refractivity contribution < 1.29 is 8.42 Å². The van der Waals surface area contributed by atoms with Gasteiger partial charge in [-0.25, -0.2) is 8.42 Å². The highest BCUT2D eigenvalue weighted by molar-refractivity contribution is 7.91. The zero-order valence-corrected chi connectivity index (χ0v) is 11.6. The predicted octanol–water partition coefficient (Wildman–Crippen LogP) is 1.97. The molecule has 17 heavy (non-hydrogen) atoms. The van der Waals surface area contributed by atoms with Crippen molar-refractivity contribution in [2.75, 3.05) is 18.1 Å². The van der Waals surface area contributed by atoms with Crippen LogP contribution in [0.5, 0.6) is 0 Å². The van der Waals surface area contributed by atoms with E-state index in [1.54, 1.807) is 0 Å². The predicted molar refractivity (Wildman–Crippen MR) is 70.5 cm³/mol. The fraction of sp³-hybridized carbons (Fsp3) is 1.00. The molecule has 2 fully saturated rings. The summed E-state index contributed by atoms with van der Waals surface area (Å²) in [5.41, 5.74) is 6.12. The van der Waals surface area contributed by atoms with Crippen LogP contribution in [-0.4, -0.2) is 26.5 Å². The molecule has 0 saturated heterocycles. The van der Waals surface area contributed by atoms with Crippen molar-refractivity contribution in [3.8, 4) is 0 Å². The van der Waals surface area contributed by atoms with Gasteiger partial charge in [-0.2, -0.15) is 0 Å². The summed E-state index contributed by atoms with van der Waals surface area (Å²) in [5.74, 6) is 2.22. The quantitative estimate of drug-likeness (QED) is 0.793. The Labute approximate surface area is 105 Å². The van der Waals surface area contributed by atoms with Gasteiger partial charge in [0.1, 0.15) is 9.84 Å². The summed E-state index contributed by atoms with van der Waals surface area (Å²) in [4.78, 5) is 0. The molecule has 2 saturated carbocycles. The van der Waals surface area contributed by atoms with Crippen molar-refractivity contribution >= 4 is 9.84 Å². The number of hydrogen-bond acceptors (Lipinski definition) is 3. The van der Waals surface area contributed by atoms with E-state index in [4.69, 9.17) is 5.73 Å². The molecule has 2 N–H and O–H groups in total. The molecule has 2 bridgehead atoms. The Kier molecular flexibility index (Phi) is 3.83. The molecule has 0 radical (unpaired) electrons. The molecule has 0 aromatic rings. The van der Waals surface area contributed by atoms with Crippen molar-refractivity contribution in [2.24, 2.45) is 23.0 Å². The van der Waals surface area contributed by atoms with Gasteiger partial charge >= 0.3 is 0 Å². The van der Waals surface area contributed by atoms with Crippen molar-refractivity contribution in [1.82, 2.24) is 0 Å². The van der Waals surface area contributed by atoms with Crippen molar-refractivity contribution in [2.45, 2.75) is 45.4 Å². The van der Waals surface area contributed by atoms with Gasteiger partial charge in [-0.15, -0.1) is 0 Å². The summed E-state index contributed by atoms with van der Waals surface area (Å²) in [7, 11) is -2.84. The summed E-state index contributed by atoms with van der Waals surface area (Å²) in [6.45, 7) is 2.60. The van der Waals surface area contributed by atoms with Crippen LogP contribution in [0.15, 0.2) is 0 Å². The molecule has 3 atom stereocenters. The van der Waals surface area contributed by atoms with E-state index in [1.165, 1.54) is 25.7 Å². The van der Waals surface area contributed by atoms with Gasteiger partial charge in [0, 0.05) is 5.75 Å². The molecule has 0 amide bonds. The maximum atomic E-state index is 11.8. The fourth-order valence-electron chi connectivity index (χ4n) is 3.99. The molecule has 2 aliphatic carbocycles. The second-order valence-corrected chi connectivity index (χ2v) is 8.35. The second kappa shape index (κ2) is 4.88. The highest BCUT2D eigenvalue weighted by atomic mass is 32.2. The maximum Gasteiger partial charge on any atom is 0.150 e. The zero-order chi connectivity index (χ0) is 12.5. The van der Waals surface area contributed by atoms with E-state index in [9.17, 15) is 8.42 Å². The third kappa shape index (κ3) is 2.68. The molecule has 0 heterocycles. The van der Waals surface area contributed by atoms with Gasteiger partial charge in [-0.1, -0.05) is 13.3 Å². The van der Waals surface area contributed by atoms with Crippen molar-refractivity contribution in [1.29, 1.82) is 0 Å². The third-order valence-electron chi connectivity index (χ3n) is 4.94. The lowest BCUT2D eigenvalue weighted by Crippen LogP contribution is -2.37. The SMILES string of the molecule is CCCS(=O)(=O)CCC1(CN)CC2CCC1C2. The average molecular weight is 259 g/mol. The van der Waals surface area contributed by atoms with E-state index in [0.29, 0.717) is 24.0 Å². The molecule has 0 aliphatic heterocycles. The molecule has 3 unspecified atom stereocenters. The normalized spacial score (nSPS) is 36.6. The first-order valence-corrected chi connectivity index (χ1v) is 8.74. The van der Waals surface area contributed by atoms with Gasteiger partial charge in [-0.05, 0) is 55.9 Å². The van der Waals surface area contributed by atoms with Crippen LogP contribution < -0.4 is 5.73 Å². The Bertz CT molecular complexity index is 366. The lowest BCUT2D eigenvalue weighted by Gasteiger charge is -2.36. The van der Waals surface area contributed by atoms with Gasteiger partial charge < -0.3 is 5.73 Å². The van der Waals surface area contributed by atoms with E-state index in [1.807, 2.05) is 6.92 Å². The minimum absolute atomic E-state index is 0.156. The Balaban J connectivity index is 1.97. The molecule has 100 valence electrons. The standard InChI is InChI=1S/C13H25NO2S/c1-2-6-17(15,16)7-5-13(10-14)9-11-3-4-12(13)8-11/h11-12H,2-10,14H2,1H3. The zero-order valence-electron chi connectivity index (χ0n) is 10.8. The lowest BCUT2D eigenvalue weighted by molar-refractivity contribution is 0.166. The highest BCUT2D eigenvalue weighted by Gasteiger charge is 2.49. The largest absolute Gasteiger partial charge is 0.330 e. The lowest BCUT2D eigenvalue weighted by atomic mass is 9.71. The average Bonchev–Trinajstić information content (AvgIpc) is 2.87. The summed E-state index contributed by atoms with van der Waals surface area (Å²) in [6.07, 6.45) is 6.61. The first kappa shape index (κ1) is 13.3. The van der Waals surface area contributed by atoms with Crippen LogP contribution in [0.1, 0.15) is 45.4 Å². The molecule has 2 aliphatic rings. The minimum atomic E-state index is -2.84. The van der Waals surface area contributed by atoms with E-state index in [0.717, 1.165) is 18.8 Å². The van der Waals surface area contributed by atoms with Crippen LogP contribution >= 0.6 is 0 Å². The number of rotatable bonds is 6. The van der Waals surface area contributed by atoms with Crippen LogP contribution in [0.2, 0.25) is 0 Å². The maximum absolute atomic E-state index is 11.8. The topological polar surface area (TPSA) is 60.2 Å². The van der Waals surface area contributed by atoms with Crippen LogP contribution in [0.3, 0.4) is 0 Å². The number of fused-ring (bicyclic) bond motifs is 2. The summed E-state index contributed by atoms with van der Waals surface area (Å²) in [5, 5.41) is 0. The molecule has 0 spiro atoms. The molecule has 0 aromatic heterocycles. The number of nitrogens with two attached hydrogens (primary N) is 1. The minimum Gasteiger partial charge on any atom is -0.330 e. The Morgan fingerprint density at radius 2 is 2.06 bits per heavy atom. The molecule has 0 aromatic carbocycles. The van der Waals surface area contributed by atoms with Crippen LogP contribution in [0.4, 0.5) is 0 Å². The first-order chi connectivity index (χ1) is 8.01. The molecule has 4 heteroatoms. The van der Waals surface area contributed by atoms with E-state index < -0.39 is 9.84 Å². The molecular weight excluding hydrogens is 234 g/mol. The Morgan fingerprint density at radius 3 is 2.53 bits per heavy atom. The van der Waals surface area contributed by atoms with E-state index in [2.05, 4.69) is 0 Å². The van der Waals surface area contributed by atoms with E-state index >= 15 is 0 Å². The highest BCUT2D eigenvalue weighted by Crippen LogP contribution is 2.57. The molecule has 3 nitrogen and oxygen atoms in total. The number of sulfone groups is 1. The molecular formula is C13H25NO2S. The van der Waals surface area contributed by atoms with Gasteiger partial charge in [0.2, 0.25) is 0 Å². The smallest absolute Gasteiger partial charge is 0.150 e. The fourth-order valence-corrected chi connectivity index (χ4v) is 5.53. The van der Waals surface area contributed by atoms with Crippen molar-refractivity contribution in [3.05, 3.63) is 0 Å². The van der Waals surface area contributed by atoms with Crippen LogP contribution in [-0.2, 0) is 9.84 Å². The van der Waals surface area contributed by atoms with Crippen LogP contribution in [0.25, 0.3) is 0 Å². The van der Waals surface area contributed by atoms with Crippen LogP contribution in [0, 0.1) is 17.3 Å². The molecule has 2 rings (SSSR count). The Hall–Kier alpha value is -0.0900. The summed E-state index contributed by atoms with van der Waals surface area (Å²) < 4.78 is 23.6. The monoisotopic (exact) mass is 259 g/mol.